The molecule has 0 bridgehead atoms. The second-order valence-electron chi connectivity index (χ2n) is 10.4. The number of aryl methyl sites for hydroxylation is 1. The summed E-state index contributed by atoms with van der Waals surface area (Å²) in [5.74, 6) is -0.362. The summed E-state index contributed by atoms with van der Waals surface area (Å²) in [6, 6.07) is 23.7. The molecule has 0 aliphatic carbocycles. The molecule has 0 aromatic heterocycles. The van der Waals surface area contributed by atoms with Crippen LogP contribution in [0.1, 0.15) is 35.6 Å². The number of para-hydroxylation sites is 1. The van der Waals surface area contributed by atoms with Crippen molar-refractivity contribution in [2.75, 3.05) is 11.5 Å². The SMILES string of the molecule is O=C1C(CCCc2ccc(F)cc2)C(c2ccc(C[C@H]3O[C@H](CO)[C@@H](O)[C@H](O)[C@H]3O)cc2)N1c1ccccc1. The fourth-order valence-electron chi connectivity index (χ4n) is 5.70. The zero-order valence-electron chi connectivity index (χ0n) is 21.5. The highest BCUT2D eigenvalue weighted by molar-refractivity contribution is 6.03. The number of hydrogen-bond donors (Lipinski definition) is 4. The standard InChI is InChI=1S/C31H34FNO6/c32-22-15-11-19(12-16-22)5-4-8-24-27(33(31(24)38)23-6-2-1-3-7-23)21-13-9-20(10-14-21)17-25-28(35)30(37)29(36)26(18-34)39-25/h1-3,6-7,9-16,24-30,34-37H,4-5,8,17-18H2/t24?,25-,26-,27?,28+,29-,30-/m1/s1. The van der Waals surface area contributed by atoms with E-state index >= 15 is 0 Å². The van der Waals surface area contributed by atoms with Crippen LogP contribution in [0.15, 0.2) is 78.9 Å². The molecule has 8 heteroatoms. The predicted octanol–water partition coefficient (Wildman–Crippen LogP) is 2.94. The third-order valence-electron chi connectivity index (χ3n) is 7.89. The van der Waals surface area contributed by atoms with Crippen LogP contribution in [-0.2, 0) is 22.4 Å². The normalized spacial score (nSPS) is 28.8. The van der Waals surface area contributed by atoms with Gasteiger partial charge < -0.3 is 30.1 Å². The number of anilines is 1. The van der Waals surface area contributed by atoms with Gasteiger partial charge in [-0.1, -0.05) is 54.6 Å². The minimum atomic E-state index is -1.41. The molecule has 0 saturated carbocycles. The largest absolute Gasteiger partial charge is 0.394 e. The fraction of sp³-hybridized carbons (Fsp3) is 0.387. The third-order valence-corrected chi connectivity index (χ3v) is 7.89. The Bertz CT molecular complexity index is 1240. The zero-order valence-corrected chi connectivity index (χ0v) is 21.5. The van der Waals surface area contributed by atoms with Crippen LogP contribution in [0.3, 0.4) is 0 Å². The Morgan fingerprint density at radius 1 is 0.795 bits per heavy atom. The minimum Gasteiger partial charge on any atom is -0.394 e. The number of hydrogen-bond acceptors (Lipinski definition) is 6. The van der Waals surface area contributed by atoms with Gasteiger partial charge in [0.15, 0.2) is 0 Å². The quantitative estimate of drug-likeness (QED) is 0.314. The van der Waals surface area contributed by atoms with Crippen molar-refractivity contribution in [3.63, 3.8) is 0 Å². The maximum absolute atomic E-state index is 13.3. The number of carbonyl (C=O) groups excluding carboxylic acids is 1. The first-order chi connectivity index (χ1) is 18.9. The van der Waals surface area contributed by atoms with E-state index in [1.54, 1.807) is 12.1 Å². The van der Waals surface area contributed by atoms with Gasteiger partial charge in [-0.3, -0.25) is 4.79 Å². The molecule has 0 radical (unpaired) electrons. The highest BCUT2D eigenvalue weighted by atomic mass is 19.1. The van der Waals surface area contributed by atoms with Crippen molar-refractivity contribution >= 4 is 11.6 Å². The van der Waals surface area contributed by atoms with Gasteiger partial charge in [0, 0.05) is 12.1 Å². The van der Waals surface area contributed by atoms with E-state index in [-0.39, 0.29) is 30.1 Å². The van der Waals surface area contributed by atoms with E-state index in [0.29, 0.717) is 6.42 Å². The third kappa shape index (κ3) is 5.76. The van der Waals surface area contributed by atoms with Crippen molar-refractivity contribution in [2.24, 2.45) is 5.92 Å². The summed E-state index contributed by atoms with van der Waals surface area (Å²) in [6.45, 7) is -0.464. The molecule has 206 valence electrons. The number of ether oxygens (including phenoxy) is 1. The molecule has 3 aromatic rings. The first-order valence-corrected chi connectivity index (χ1v) is 13.4. The van der Waals surface area contributed by atoms with Gasteiger partial charge in [-0.15, -0.1) is 0 Å². The zero-order chi connectivity index (χ0) is 27.5. The summed E-state index contributed by atoms with van der Waals surface area (Å²) in [4.78, 5) is 15.1. The van der Waals surface area contributed by atoms with Crippen LogP contribution >= 0.6 is 0 Å². The lowest BCUT2D eigenvalue weighted by Gasteiger charge is -2.48. The number of nitrogens with zero attached hydrogens (tertiary/aromatic N) is 1. The molecule has 5 rings (SSSR count). The summed E-state index contributed by atoms with van der Waals surface area (Å²) in [7, 11) is 0. The lowest BCUT2D eigenvalue weighted by molar-refractivity contribution is -0.228. The van der Waals surface area contributed by atoms with E-state index in [2.05, 4.69) is 0 Å². The van der Waals surface area contributed by atoms with Crippen molar-refractivity contribution in [1.82, 2.24) is 0 Å². The summed E-state index contributed by atoms with van der Waals surface area (Å²) in [5, 5.41) is 40.0. The van der Waals surface area contributed by atoms with E-state index in [0.717, 1.165) is 35.2 Å². The molecule has 39 heavy (non-hydrogen) atoms. The van der Waals surface area contributed by atoms with Crippen molar-refractivity contribution < 1.29 is 34.3 Å². The number of halogens is 1. The molecule has 2 saturated heterocycles. The van der Waals surface area contributed by atoms with Crippen LogP contribution < -0.4 is 4.90 Å². The Kier molecular flexibility index (Phi) is 8.40. The van der Waals surface area contributed by atoms with Gasteiger partial charge in [0.1, 0.15) is 30.2 Å². The van der Waals surface area contributed by atoms with Crippen LogP contribution in [0.2, 0.25) is 0 Å². The minimum absolute atomic E-state index is 0.0794. The lowest BCUT2D eigenvalue weighted by atomic mass is 9.78. The molecule has 3 aromatic carbocycles. The number of carbonyl (C=O) groups is 1. The number of aliphatic hydroxyl groups is 4. The van der Waals surface area contributed by atoms with Crippen LogP contribution in [-0.4, -0.2) is 63.5 Å². The first kappa shape index (κ1) is 27.4. The van der Waals surface area contributed by atoms with Gasteiger partial charge >= 0.3 is 0 Å². The van der Waals surface area contributed by atoms with E-state index in [1.165, 1.54) is 12.1 Å². The fourth-order valence-corrected chi connectivity index (χ4v) is 5.70. The summed E-state index contributed by atoms with van der Waals surface area (Å²) in [6.07, 6.45) is -3.24. The van der Waals surface area contributed by atoms with E-state index < -0.39 is 37.1 Å². The molecular formula is C31H34FNO6. The molecule has 4 N–H and O–H groups in total. The number of benzene rings is 3. The van der Waals surface area contributed by atoms with Crippen molar-refractivity contribution in [3.8, 4) is 0 Å². The molecule has 7 nitrogen and oxygen atoms in total. The van der Waals surface area contributed by atoms with Gasteiger partial charge in [-0.2, -0.15) is 0 Å². The number of β-lactam (4-membered cyclic amide) rings is 1. The lowest BCUT2D eigenvalue weighted by Crippen LogP contribution is -2.59. The number of amides is 1. The van der Waals surface area contributed by atoms with Gasteiger partial charge in [-0.25, -0.2) is 4.39 Å². The van der Waals surface area contributed by atoms with E-state index in [9.17, 15) is 29.6 Å². The molecular weight excluding hydrogens is 501 g/mol. The molecule has 2 aliphatic rings. The Labute approximate surface area is 227 Å². The Morgan fingerprint density at radius 2 is 1.44 bits per heavy atom. The predicted molar refractivity (Wildman–Crippen MR) is 143 cm³/mol. The monoisotopic (exact) mass is 535 g/mol. The Hall–Kier alpha value is -3.14. The number of rotatable bonds is 9. The summed E-state index contributed by atoms with van der Waals surface area (Å²) in [5.41, 5.74) is 3.72. The molecule has 2 unspecified atom stereocenters. The van der Waals surface area contributed by atoms with E-state index in [4.69, 9.17) is 4.74 Å². The highest BCUT2D eigenvalue weighted by Crippen LogP contribution is 2.45. The van der Waals surface area contributed by atoms with Gasteiger partial charge in [0.2, 0.25) is 5.91 Å². The maximum atomic E-state index is 13.3. The van der Waals surface area contributed by atoms with E-state index in [1.807, 2.05) is 59.5 Å². The highest BCUT2D eigenvalue weighted by Gasteiger charge is 2.48. The average Bonchev–Trinajstić information content (AvgIpc) is 2.96. The Morgan fingerprint density at radius 3 is 2.10 bits per heavy atom. The second-order valence-corrected chi connectivity index (χ2v) is 10.4. The molecule has 2 heterocycles. The first-order valence-electron chi connectivity index (χ1n) is 13.4. The van der Waals surface area contributed by atoms with Crippen molar-refractivity contribution in [3.05, 3.63) is 101 Å². The number of aliphatic hydroxyl groups excluding tert-OH is 4. The Balaban J connectivity index is 1.30. The summed E-state index contributed by atoms with van der Waals surface area (Å²) < 4.78 is 18.9. The van der Waals surface area contributed by atoms with Gasteiger partial charge in [0.05, 0.1) is 24.7 Å². The van der Waals surface area contributed by atoms with Crippen LogP contribution in [0.4, 0.5) is 10.1 Å². The van der Waals surface area contributed by atoms with Crippen LogP contribution in [0, 0.1) is 11.7 Å². The second kappa shape index (κ2) is 11.9. The van der Waals surface area contributed by atoms with Crippen LogP contribution in [0.25, 0.3) is 0 Å². The molecule has 2 fully saturated rings. The van der Waals surface area contributed by atoms with Crippen molar-refractivity contribution in [2.45, 2.75) is 62.2 Å². The molecule has 1 amide bonds. The van der Waals surface area contributed by atoms with Crippen LogP contribution in [0.5, 0.6) is 0 Å². The molecule has 7 atom stereocenters. The van der Waals surface area contributed by atoms with Gasteiger partial charge in [-0.05, 0) is 60.2 Å². The molecule has 0 spiro atoms. The average molecular weight is 536 g/mol. The van der Waals surface area contributed by atoms with Gasteiger partial charge in [0.25, 0.3) is 0 Å². The topological polar surface area (TPSA) is 110 Å². The smallest absolute Gasteiger partial charge is 0.233 e. The summed E-state index contributed by atoms with van der Waals surface area (Å²) >= 11 is 0. The molecule has 2 aliphatic heterocycles. The van der Waals surface area contributed by atoms with Crippen molar-refractivity contribution in [1.29, 1.82) is 0 Å². The maximum Gasteiger partial charge on any atom is 0.233 e.